The fraction of sp³-hybridized carbons (Fsp3) is 0.556. The molecule has 4 atom stereocenters. The van der Waals surface area contributed by atoms with Gasteiger partial charge in [-0.1, -0.05) is 32.4 Å². The van der Waals surface area contributed by atoms with Crippen molar-refractivity contribution in [1.29, 1.82) is 0 Å². The molecular weight excluding hydrogens is 354 g/mol. The van der Waals surface area contributed by atoms with Gasteiger partial charge in [0.2, 0.25) is 5.91 Å². The quantitative estimate of drug-likeness (QED) is 0.310. The number of hydrogen-bond acceptors (Lipinski definition) is 7. The topological polar surface area (TPSA) is 145 Å². The van der Waals surface area contributed by atoms with E-state index in [-0.39, 0.29) is 24.4 Å². The van der Waals surface area contributed by atoms with E-state index in [4.69, 9.17) is 10.5 Å². The van der Waals surface area contributed by atoms with Crippen molar-refractivity contribution in [3.8, 4) is 0 Å². The zero-order valence-corrected chi connectivity index (χ0v) is 15.8. The van der Waals surface area contributed by atoms with E-state index in [0.29, 0.717) is 12.0 Å². The largest absolute Gasteiger partial charge is 0.467 e. The van der Waals surface area contributed by atoms with Gasteiger partial charge in [0.25, 0.3) is 5.69 Å². The molecule has 0 aliphatic rings. The molecular formula is C18H27N3O6. The fourth-order valence-corrected chi connectivity index (χ4v) is 2.53. The number of carbonyl (C=O) groups is 2. The summed E-state index contributed by atoms with van der Waals surface area (Å²) in [7, 11) is 1.25. The van der Waals surface area contributed by atoms with Gasteiger partial charge < -0.3 is 20.9 Å². The molecule has 1 rings (SSSR count). The van der Waals surface area contributed by atoms with Crippen LogP contribution in [0.25, 0.3) is 0 Å². The van der Waals surface area contributed by atoms with Crippen LogP contribution in [0.1, 0.15) is 32.3 Å². The Morgan fingerprint density at radius 3 is 2.41 bits per heavy atom. The summed E-state index contributed by atoms with van der Waals surface area (Å²) in [5.74, 6) is -1.16. The molecule has 0 aromatic heterocycles. The monoisotopic (exact) mass is 381 g/mol. The number of nitrogens with zero attached hydrogens (tertiary/aromatic N) is 1. The lowest BCUT2D eigenvalue weighted by molar-refractivity contribution is -0.384. The summed E-state index contributed by atoms with van der Waals surface area (Å²) < 4.78 is 4.71. The zero-order valence-electron chi connectivity index (χ0n) is 15.8. The summed E-state index contributed by atoms with van der Waals surface area (Å²) in [5, 5.41) is 23.4. The number of aliphatic hydroxyl groups is 1. The number of benzene rings is 1. The molecule has 0 heterocycles. The molecule has 4 N–H and O–H groups in total. The Kier molecular flexibility index (Phi) is 8.83. The molecule has 0 spiro atoms. The van der Waals surface area contributed by atoms with Crippen molar-refractivity contribution in [2.24, 2.45) is 11.7 Å². The van der Waals surface area contributed by atoms with E-state index < -0.39 is 35.0 Å². The molecule has 0 radical (unpaired) electrons. The van der Waals surface area contributed by atoms with Crippen LogP contribution in [0.2, 0.25) is 0 Å². The van der Waals surface area contributed by atoms with E-state index >= 15 is 0 Å². The second-order valence-electron chi connectivity index (χ2n) is 6.52. The first kappa shape index (κ1) is 22.5. The van der Waals surface area contributed by atoms with Gasteiger partial charge in [0, 0.05) is 18.2 Å². The number of nitro benzene ring substituents is 1. The minimum absolute atomic E-state index is 0.0360. The second-order valence-corrected chi connectivity index (χ2v) is 6.52. The van der Waals surface area contributed by atoms with Gasteiger partial charge in [0.05, 0.1) is 24.6 Å². The number of rotatable bonds is 10. The van der Waals surface area contributed by atoms with E-state index in [1.54, 1.807) is 12.1 Å². The highest BCUT2D eigenvalue weighted by molar-refractivity contribution is 5.84. The van der Waals surface area contributed by atoms with Crippen LogP contribution in [0.3, 0.4) is 0 Å². The molecule has 1 aromatic rings. The van der Waals surface area contributed by atoms with Gasteiger partial charge in [-0.15, -0.1) is 0 Å². The summed E-state index contributed by atoms with van der Waals surface area (Å²) in [5.41, 5.74) is 6.61. The molecule has 0 fully saturated rings. The van der Waals surface area contributed by atoms with Crippen molar-refractivity contribution in [1.82, 2.24) is 5.32 Å². The number of ether oxygens (including phenoxy) is 1. The Bertz CT molecular complexity index is 649. The van der Waals surface area contributed by atoms with E-state index in [2.05, 4.69) is 5.32 Å². The van der Waals surface area contributed by atoms with E-state index in [0.717, 1.165) is 0 Å². The molecule has 27 heavy (non-hydrogen) atoms. The fourth-order valence-electron chi connectivity index (χ4n) is 2.53. The van der Waals surface area contributed by atoms with Crippen molar-refractivity contribution in [2.75, 3.05) is 7.11 Å². The SMILES string of the molecule is CC[C@H](C)[C@H](NC(=O)CC(O)[C@@H](N)Cc1ccc([N+](=O)[O-])cc1)C(=O)OC. The van der Waals surface area contributed by atoms with Gasteiger partial charge in [-0.3, -0.25) is 14.9 Å². The minimum Gasteiger partial charge on any atom is -0.467 e. The smallest absolute Gasteiger partial charge is 0.328 e. The van der Waals surface area contributed by atoms with E-state index in [1.165, 1.54) is 19.2 Å². The van der Waals surface area contributed by atoms with E-state index in [1.807, 2.05) is 13.8 Å². The first-order valence-corrected chi connectivity index (χ1v) is 8.73. The normalized spacial score (nSPS) is 15.3. The highest BCUT2D eigenvalue weighted by Crippen LogP contribution is 2.14. The van der Waals surface area contributed by atoms with Crippen LogP contribution in [-0.4, -0.2) is 47.2 Å². The maximum Gasteiger partial charge on any atom is 0.328 e. The molecule has 1 aromatic carbocycles. The molecule has 9 heteroatoms. The highest BCUT2D eigenvalue weighted by Gasteiger charge is 2.28. The highest BCUT2D eigenvalue weighted by atomic mass is 16.6. The van der Waals surface area contributed by atoms with Gasteiger partial charge in [-0.05, 0) is 17.9 Å². The van der Waals surface area contributed by atoms with Gasteiger partial charge in [0.15, 0.2) is 0 Å². The van der Waals surface area contributed by atoms with Gasteiger partial charge in [-0.2, -0.15) is 0 Å². The average Bonchev–Trinajstić information content (AvgIpc) is 2.65. The van der Waals surface area contributed by atoms with Crippen molar-refractivity contribution in [2.45, 2.75) is 51.3 Å². The molecule has 0 aliphatic heterocycles. The Labute approximate surface area is 158 Å². The summed E-state index contributed by atoms with van der Waals surface area (Å²) >= 11 is 0. The average molecular weight is 381 g/mol. The van der Waals surface area contributed by atoms with Crippen molar-refractivity contribution >= 4 is 17.6 Å². The van der Waals surface area contributed by atoms with Crippen molar-refractivity contribution in [3.05, 3.63) is 39.9 Å². The third kappa shape index (κ3) is 6.95. The number of hydrogen-bond donors (Lipinski definition) is 3. The summed E-state index contributed by atoms with van der Waals surface area (Å²) in [4.78, 5) is 34.1. The van der Waals surface area contributed by atoms with E-state index in [9.17, 15) is 24.8 Å². The van der Waals surface area contributed by atoms with Crippen LogP contribution >= 0.6 is 0 Å². The number of aliphatic hydroxyl groups excluding tert-OH is 1. The third-order valence-electron chi connectivity index (χ3n) is 4.49. The van der Waals surface area contributed by atoms with Crippen molar-refractivity contribution < 1.29 is 24.4 Å². The number of nitrogens with two attached hydrogens (primary N) is 1. The van der Waals surface area contributed by atoms with Crippen LogP contribution in [0, 0.1) is 16.0 Å². The van der Waals surface area contributed by atoms with Crippen molar-refractivity contribution in [3.63, 3.8) is 0 Å². The molecule has 1 unspecified atom stereocenters. The van der Waals surface area contributed by atoms with Crippen LogP contribution < -0.4 is 11.1 Å². The molecule has 9 nitrogen and oxygen atoms in total. The summed E-state index contributed by atoms with van der Waals surface area (Å²) in [6.07, 6.45) is -0.478. The Balaban J connectivity index is 2.62. The van der Waals surface area contributed by atoms with Crippen LogP contribution in [0.4, 0.5) is 5.69 Å². The molecule has 1 amide bonds. The number of non-ortho nitro benzene ring substituents is 1. The van der Waals surface area contributed by atoms with Gasteiger partial charge in [-0.25, -0.2) is 4.79 Å². The third-order valence-corrected chi connectivity index (χ3v) is 4.49. The van der Waals surface area contributed by atoms with Gasteiger partial charge >= 0.3 is 5.97 Å². The Morgan fingerprint density at radius 1 is 1.33 bits per heavy atom. The number of amides is 1. The molecule has 0 saturated carbocycles. The van der Waals surface area contributed by atoms with Crippen LogP contribution in [0.5, 0.6) is 0 Å². The molecule has 0 bridgehead atoms. The maximum atomic E-state index is 12.2. The number of carbonyl (C=O) groups excluding carboxylic acids is 2. The Morgan fingerprint density at radius 2 is 1.93 bits per heavy atom. The van der Waals surface area contributed by atoms with Gasteiger partial charge in [0.1, 0.15) is 6.04 Å². The molecule has 0 aliphatic carbocycles. The standard InChI is InChI=1S/C18H27N3O6/c1-4-11(2)17(18(24)27-3)20-16(23)10-15(22)14(19)9-12-5-7-13(8-6-12)21(25)26/h5-8,11,14-15,17,22H,4,9-10,19H2,1-3H3,(H,20,23)/t11-,14-,15?,17-/m0/s1. The first-order valence-electron chi connectivity index (χ1n) is 8.73. The lowest BCUT2D eigenvalue weighted by Gasteiger charge is -2.24. The summed E-state index contributed by atoms with van der Waals surface area (Å²) in [6, 6.07) is 4.30. The Hall–Kier alpha value is -2.52. The predicted octanol–water partition coefficient (Wildman–Crippen LogP) is 0.920. The number of esters is 1. The lowest BCUT2D eigenvalue weighted by atomic mass is 9.97. The summed E-state index contributed by atoms with van der Waals surface area (Å²) in [6.45, 7) is 3.71. The zero-order chi connectivity index (χ0) is 20.6. The molecule has 0 saturated heterocycles. The van der Waals surface area contributed by atoms with Crippen LogP contribution in [0.15, 0.2) is 24.3 Å². The second kappa shape index (κ2) is 10.6. The number of nitro groups is 1. The maximum absolute atomic E-state index is 12.2. The number of nitrogens with one attached hydrogen (secondary N) is 1. The minimum atomic E-state index is -1.13. The first-order chi connectivity index (χ1) is 12.7. The predicted molar refractivity (Wildman–Crippen MR) is 98.8 cm³/mol. The lowest BCUT2D eigenvalue weighted by Crippen LogP contribution is -2.48. The van der Waals surface area contributed by atoms with Crippen LogP contribution in [-0.2, 0) is 20.7 Å². The number of methoxy groups -OCH3 is 1. The molecule has 150 valence electrons.